The summed E-state index contributed by atoms with van der Waals surface area (Å²) in [7, 11) is 0. The normalized spacial score (nSPS) is 28.5. The lowest BCUT2D eigenvalue weighted by molar-refractivity contribution is 0.210. The first-order valence-corrected chi connectivity index (χ1v) is 10.1. The maximum Gasteiger partial charge on any atom is -0.0259 e. The van der Waals surface area contributed by atoms with E-state index in [1.807, 2.05) is 0 Å². The molecule has 0 aromatic carbocycles. The topological polar surface area (TPSA) is 0 Å². The standard InChI is InChI=1S/C11H20.C11H18/c2*1-9(2)10-3-5-11(6-4-10)7-8-11/h9-10H,3-8H2,1-2H3;3,9H,4-8H2,1-2H3. The van der Waals surface area contributed by atoms with Crippen LogP contribution in [0.2, 0.25) is 0 Å². The molecule has 0 aromatic heterocycles. The Morgan fingerprint density at radius 3 is 1.77 bits per heavy atom. The van der Waals surface area contributed by atoms with E-state index in [2.05, 4.69) is 33.8 Å². The van der Waals surface area contributed by atoms with Crippen LogP contribution in [0.1, 0.15) is 98.3 Å². The SMILES string of the molecule is CC(C)C1=CCC2(CC1)CC2.CC(C)C1CCC2(CC1)CC2. The summed E-state index contributed by atoms with van der Waals surface area (Å²) >= 11 is 0. The molecule has 2 spiro atoms. The summed E-state index contributed by atoms with van der Waals surface area (Å²) < 4.78 is 0. The summed E-state index contributed by atoms with van der Waals surface area (Å²) in [6.45, 7) is 9.40. The van der Waals surface area contributed by atoms with Gasteiger partial charge in [-0.3, -0.25) is 0 Å². The molecule has 3 fully saturated rings. The molecule has 0 nitrogen and oxygen atoms in total. The minimum absolute atomic E-state index is 0.797. The largest absolute Gasteiger partial charge is 0.0845 e. The van der Waals surface area contributed by atoms with Gasteiger partial charge in [0.15, 0.2) is 0 Å². The van der Waals surface area contributed by atoms with Gasteiger partial charge >= 0.3 is 0 Å². The molecule has 0 atom stereocenters. The minimum atomic E-state index is 0.797. The Morgan fingerprint density at radius 1 is 0.818 bits per heavy atom. The monoisotopic (exact) mass is 302 g/mol. The molecule has 0 bridgehead atoms. The van der Waals surface area contributed by atoms with Crippen LogP contribution in [0.5, 0.6) is 0 Å². The fourth-order valence-electron chi connectivity index (χ4n) is 4.71. The van der Waals surface area contributed by atoms with Gasteiger partial charge < -0.3 is 0 Å². The first-order valence-electron chi connectivity index (χ1n) is 10.1. The smallest absolute Gasteiger partial charge is 0.0259 e. The van der Waals surface area contributed by atoms with E-state index < -0.39 is 0 Å². The molecule has 0 saturated heterocycles. The van der Waals surface area contributed by atoms with Gasteiger partial charge in [-0.15, -0.1) is 0 Å². The average molecular weight is 303 g/mol. The molecule has 0 N–H and O–H groups in total. The van der Waals surface area contributed by atoms with Gasteiger partial charge in [-0.1, -0.05) is 39.3 Å². The van der Waals surface area contributed by atoms with E-state index >= 15 is 0 Å². The number of allylic oxidation sites excluding steroid dienone is 2. The Balaban J connectivity index is 0.000000131. The molecule has 0 unspecified atom stereocenters. The number of hydrogen-bond acceptors (Lipinski definition) is 0. The van der Waals surface area contributed by atoms with E-state index in [0.29, 0.717) is 0 Å². The van der Waals surface area contributed by atoms with Crippen LogP contribution in [0, 0.1) is 28.6 Å². The summed E-state index contributed by atoms with van der Waals surface area (Å²) in [5.41, 5.74) is 3.42. The van der Waals surface area contributed by atoms with E-state index in [1.165, 1.54) is 44.9 Å². The molecule has 4 aliphatic rings. The molecule has 0 amide bonds. The predicted octanol–water partition coefficient (Wildman–Crippen LogP) is 7.15. The van der Waals surface area contributed by atoms with Crippen molar-refractivity contribution in [2.45, 2.75) is 98.3 Å². The third-order valence-electron chi connectivity index (χ3n) is 7.43. The maximum atomic E-state index is 2.52. The van der Waals surface area contributed by atoms with Gasteiger partial charge in [-0.25, -0.2) is 0 Å². The van der Waals surface area contributed by atoms with Gasteiger partial charge in [0.1, 0.15) is 0 Å². The highest BCUT2D eigenvalue weighted by atomic mass is 14.5. The Morgan fingerprint density at radius 2 is 1.41 bits per heavy atom. The van der Waals surface area contributed by atoms with Gasteiger partial charge in [-0.2, -0.15) is 0 Å². The summed E-state index contributed by atoms with van der Waals surface area (Å²) in [6.07, 6.45) is 19.1. The number of hydrogen-bond donors (Lipinski definition) is 0. The molecule has 22 heavy (non-hydrogen) atoms. The van der Waals surface area contributed by atoms with Crippen molar-refractivity contribution in [3.63, 3.8) is 0 Å². The van der Waals surface area contributed by atoms with Gasteiger partial charge in [0.05, 0.1) is 0 Å². The quantitative estimate of drug-likeness (QED) is 0.475. The Bertz CT molecular complexity index is 394. The summed E-state index contributed by atoms with van der Waals surface area (Å²) in [4.78, 5) is 0. The molecule has 0 aromatic rings. The molecule has 0 radical (unpaired) electrons. The summed E-state index contributed by atoms with van der Waals surface area (Å²) in [5, 5.41) is 0. The second kappa shape index (κ2) is 6.33. The van der Waals surface area contributed by atoms with Crippen molar-refractivity contribution in [3.05, 3.63) is 11.6 Å². The number of rotatable bonds is 2. The summed E-state index contributed by atoms with van der Waals surface area (Å²) in [5.74, 6) is 2.79. The fourth-order valence-corrected chi connectivity index (χ4v) is 4.71. The predicted molar refractivity (Wildman–Crippen MR) is 96.9 cm³/mol. The van der Waals surface area contributed by atoms with Gasteiger partial charge in [0.25, 0.3) is 0 Å². The molecule has 0 aliphatic heterocycles. The first kappa shape index (κ1) is 16.6. The van der Waals surface area contributed by atoms with Crippen LogP contribution < -0.4 is 0 Å². The van der Waals surface area contributed by atoms with E-state index in [4.69, 9.17) is 0 Å². The van der Waals surface area contributed by atoms with Gasteiger partial charge in [0, 0.05) is 0 Å². The van der Waals surface area contributed by atoms with Crippen LogP contribution in [-0.4, -0.2) is 0 Å². The first-order chi connectivity index (χ1) is 10.4. The second-order valence-corrected chi connectivity index (χ2v) is 9.72. The van der Waals surface area contributed by atoms with Crippen LogP contribution in [-0.2, 0) is 0 Å². The fraction of sp³-hybridized carbons (Fsp3) is 0.909. The highest BCUT2D eigenvalue weighted by Gasteiger charge is 2.45. The van der Waals surface area contributed by atoms with Crippen LogP contribution in [0.4, 0.5) is 0 Å². The van der Waals surface area contributed by atoms with Crippen molar-refractivity contribution in [1.82, 2.24) is 0 Å². The highest BCUT2D eigenvalue weighted by molar-refractivity contribution is 5.15. The Hall–Kier alpha value is -0.260. The second-order valence-electron chi connectivity index (χ2n) is 9.72. The third kappa shape index (κ3) is 3.98. The molecule has 0 heterocycles. The lowest BCUT2D eigenvalue weighted by Gasteiger charge is -2.30. The Kier molecular flexibility index (Phi) is 4.77. The highest BCUT2D eigenvalue weighted by Crippen LogP contribution is 2.58. The van der Waals surface area contributed by atoms with Crippen LogP contribution in [0.3, 0.4) is 0 Å². The molecule has 3 saturated carbocycles. The molecule has 126 valence electrons. The molecule has 4 rings (SSSR count). The van der Waals surface area contributed by atoms with Gasteiger partial charge in [0.2, 0.25) is 0 Å². The van der Waals surface area contributed by atoms with Crippen molar-refractivity contribution >= 4 is 0 Å². The van der Waals surface area contributed by atoms with E-state index in [1.54, 1.807) is 31.3 Å². The van der Waals surface area contributed by atoms with Crippen LogP contribution in [0.15, 0.2) is 11.6 Å². The third-order valence-corrected chi connectivity index (χ3v) is 7.43. The molecule has 0 heteroatoms. The molecular weight excluding hydrogens is 264 g/mol. The maximum absolute atomic E-state index is 2.52. The van der Waals surface area contributed by atoms with Crippen molar-refractivity contribution < 1.29 is 0 Å². The Labute approximate surface area is 139 Å². The zero-order valence-electron chi connectivity index (χ0n) is 15.6. The van der Waals surface area contributed by atoms with Crippen molar-refractivity contribution in [2.75, 3.05) is 0 Å². The van der Waals surface area contributed by atoms with Crippen molar-refractivity contribution in [3.8, 4) is 0 Å². The zero-order chi connectivity index (χ0) is 15.8. The molecule has 4 aliphatic carbocycles. The molecular formula is C22H38. The van der Waals surface area contributed by atoms with E-state index in [9.17, 15) is 0 Å². The minimum Gasteiger partial charge on any atom is -0.0845 e. The van der Waals surface area contributed by atoms with Crippen LogP contribution in [0.25, 0.3) is 0 Å². The van der Waals surface area contributed by atoms with Crippen molar-refractivity contribution in [1.29, 1.82) is 0 Å². The lowest BCUT2D eigenvalue weighted by Crippen LogP contribution is -2.19. The van der Waals surface area contributed by atoms with Crippen molar-refractivity contribution in [2.24, 2.45) is 28.6 Å². The van der Waals surface area contributed by atoms with E-state index in [0.717, 1.165) is 28.6 Å². The average Bonchev–Trinajstić information content (AvgIpc) is 3.42. The van der Waals surface area contributed by atoms with Gasteiger partial charge in [-0.05, 0) is 99.2 Å². The van der Waals surface area contributed by atoms with E-state index in [-0.39, 0.29) is 0 Å². The lowest BCUT2D eigenvalue weighted by atomic mass is 9.75. The summed E-state index contributed by atoms with van der Waals surface area (Å²) in [6, 6.07) is 0. The van der Waals surface area contributed by atoms with Crippen LogP contribution >= 0.6 is 0 Å². The zero-order valence-corrected chi connectivity index (χ0v) is 15.6.